The number of carbonyl (C=O) groups excluding carboxylic acids is 1. The number of aromatic nitrogens is 2. The summed E-state index contributed by atoms with van der Waals surface area (Å²) in [7, 11) is -4.56. The number of nitro benzene ring substituents is 1. The fourth-order valence-electron chi connectivity index (χ4n) is 7.92. The third-order valence-electron chi connectivity index (χ3n) is 11.0. The van der Waals surface area contributed by atoms with Crippen molar-refractivity contribution in [3.05, 3.63) is 137 Å². The highest BCUT2D eigenvalue weighted by Gasteiger charge is 2.28. The van der Waals surface area contributed by atoms with E-state index < -0.39 is 31.4 Å². The molecule has 13 nitrogen and oxygen atoms in total. The number of benzene rings is 4. The number of nitrogens with zero attached hydrogens (tertiary/aromatic N) is 3. The van der Waals surface area contributed by atoms with Crippen LogP contribution in [0.4, 0.5) is 17.1 Å². The number of H-pyrrole nitrogens is 1. The van der Waals surface area contributed by atoms with Gasteiger partial charge in [-0.2, -0.15) is 0 Å². The molecule has 59 heavy (non-hydrogen) atoms. The van der Waals surface area contributed by atoms with Gasteiger partial charge in [0.2, 0.25) is 0 Å². The Bertz CT molecular complexity index is 2800. The van der Waals surface area contributed by atoms with E-state index in [-0.39, 0.29) is 22.9 Å². The van der Waals surface area contributed by atoms with Crippen LogP contribution in [0.1, 0.15) is 47.6 Å². The van der Waals surface area contributed by atoms with Crippen molar-refractivity contribution in [2.24, 2.45) is 5.92 Å². The minimum Gasteiger partial charge on any atom is -0.455 e. The summed E-state index contributed by atoms with van der Waals surface area (Å²) in [6.45, 7) is 2.71. The van der Waals surface area contributed by atoms with E-state index in [2.05, 4.69) is 73.4 Å². The van der Waals surface area contributed by atoms with Gasteiger partial charge in [-0.3, -0.25) is 14.9 Å². The average Bonchev–Trinajstić information content (AvgIpc) is 4.03. The molecule has 2 aliphatic rings. The molecule has 1 amide bonds. The molecule has 0 aliphatic carbocycles. The first kappa shape index (κ1) is 38.2. The maximum Gasteiger partial charge on any atom is 0.293 e. The number of nitrogens with one attached hydrogen (secondary N) is 3. The van der Waals surface area contributed by atoms with Crippen molar-refractivity contribution in [3.63, 3.8) is 0 Å². The lowest BCUT2D eigenvalue weighted by Crippen LogP contribution is -2.31. The zero-order valence-corrected chi connectivity index (χ0v) is 33.4. The van der Waals surface area contributed by atoms with Crippen molar-refractivity contribution < 1.29 is 27.6 Å². The van der Waals surface area contributed by atoms with Gasteiger partial charge >= 0.3 is 0 Å². The molecule has 0 spiro atoms. The lowest BCUT2D eigenvalue weighted by Gasteiger charge is -2.27. The summed E-state index contributed by atoms with van der Waals surface area (Å²) in [6.07, 6.45) is 7.12. The summed E-state index contributed by atoms with van der Waals surface area (Å²) in [5, 5.41) is 17.0. The highest BCUT2D eigenvalue weighted by Crippen LogP contribution is 2.42. The largest absolute Gasteiger partial charge is 0.455 e. The predicted octanol–water partition coefficient (Wildman–Crippen LogP) is 9.44. The number of hydrogen-bond donors (Lipinski definition) is 3. The number of fused-ring (bicyclic) bond motifs is 2. The van der Waals surface area contributed by atoms with Crippen LogP contribution in [0.25, 0.3) is 31.6 Å². The van der Waals surface area contributed by atoms with E-state index in [0.717, 1.165) is 69.9 Å². The molecule has 3 N–H and O–H groups in total. The van der Waals surface area contributed by atoms with Gasteiger partial charge in [0.05, 0.1) is 27.6 Å². The summed E-state index contributed by atoms with van der Waals surface area (Å²) < 4.78 is 42.2. The van der Waals surface area contributed by atoms with Crippen LogP contribution in [0.2, 0.25) is 0 Å². The monoisotopic (exact) mass is 828 g/mol. The van der Waals surface area contributed by atoms with E-state index >= 15 is 0 Å². The van der Waals surface area contributed by atoms with Gasteiger partial charge in [-0.25, -0.2) is 18.1 Å². The molecular formula is C44H40N6O7S2. The third-order valence-corrected chi connectivity index (χ3v) is 13.5. The number of carbonyl (C=O) groups is 1. The maximum absolute atomic E-state index is 13.9. The van der Waals surface area contributed by atoms with Gasteiger partial charge in [-0.05, 0) is 109 Å². The zero-order chi connectivity index (χ0) is 40.5. The van der Waals surface area contributed by atoms with Gasteiger partial charge in [0.15, 0.2) is 0 Å². The molecule has 7 aromatic rings. The summed E-state index contributed by atoms with van der Waals surface area (Å²) in [4.78, 5) is 35.8. The smallest absolute Gasteiger partial charge is 0.293 e. The number of aromatic amines is 1. The van der Waals surface area contributed by atoms with E-state index in [1.54, 1.807) is 35.7 Å². The van der Waals surface area contributed by atoms with Crippen molar-refractivity contribution in [3.8, 4) is 21.9 Å². The highest BCUT2D eigenvalue weighted by molar-refractivity contribution is 7.90. The summed E-state index contributed by atoms with van der Waals surface area (Å²) in [5.41, 5.74) is 3.60. The van der Waals surface area contributed by atoms with Crippen LogP contribution in [0, 0.1) is 16.0 Å². The van der Waals surface area contributed by atoms with E-state index in [1.807, 2.05) is 12.1 Å². The molecule has 1 atom stereocenters. The molecule has 4 aromatic carbocycles. The highest BCUT2D eigenvalue weighted by atomic mass is 32.2. The van der Waals surface area contributed by atoms with Crippen molar-refractivity contribution in [1.29, 1.82) is 0 Å². The Kier molecular flexibility index (Phi) is 10.5. The molecule has 9 rings (SSSR count). The SMILES string of the molecule is O=C(NS(=O)(=O)c1ccc(NCC2CCOCC2)c([N+](=O)[O-])c1)c1ccc(-c2cc3cc(N4CCCC4c4ccccc4)ccc3s2)cc1Oc1cnc2[nH]ccc2c1. The lowest BCUT2D eigenvalue weighted by atomic mass is 10.0. The van der Waals surface area contributed by atoms with Crippen LogP contribution < -0.4 is 19.7 Å². The summed E-state index contributed by atoms with van der Waals surface area (Å²) in [5.74, 6) is -0.253. The Morgan fingerprint density at radius 1 is 0.966 bits per heavy atom. The number of anilines is 2. The van der Waals surface area contributed by atoms with E-state index in [4.69, 9.17) is 9.47 Å². The Labute approximate surface area is 344 Å². The van der Waals surface area contributed by atoms with Gasteiger partial charge < -0.3 is 24.7 Å². The minimum atomic E-state index is -4.56. The van der Waals surface area contributed by atoms with Crippen molar-refractivity contribution in [1.82, 2.24) is 14.7 Å². The van der Waals surface area contributed by atoms with Gasteiger partial charge in [-0.1, -0.05) is 36.4 Å². The van der Waals surface area contributed by atoms with Crippen molar-refractivity contribution in [2.45, 2.75) is 36.6 Å². The maximum atomic E-state index is 13.9. The first-order chi connectivity index (χ1) is 28.7. The fraction of sp³-hybridized carbons (Fsp3) is 0.227. The normalized spacial score (nSPS) is 16.1. The van der Waals surface area contributed by atoms with Crippen LogP contribution in [-0.2, 0) is 14.8 Å². The second-order valence-electron chi connectivity index (χ2n) is 14.8. The number of hydrogen-bond acceptors (Lipinski definition) is 11. The molecule has 5 heterocycles. The summed E-state index contributed by atoms with van der Waals surface area (Å²) in [6, 6.07) is 31.7. The number of amides is 1. The molecule has 0 radical (unpaired) electrons. The van der Waals surface area contributed by atoms with Crippen molar-refractivity contribution in [2.75, 3.05) is 36.5 Å². The van der Waals surface area contributed by atoms with E-state index in [0.29, 0.717) is 37.2 Å². The van der Waals surface area contributed by atoms with Crippen LogP contribution in [0.3, 0.4) is 0 Å². The standard InChI is InChI=1S/C44H40N6O7S2/c51-44(48-59(54,55)35-10-12-37(39(25-35)50(52)53)46-26-28-15-19-56-20-16-28)36-11-8-30(23-40(36)57-34-22-31-14-17-45-43(31)47-27-34)42-24-32-21-33(9-13-41(32)58-42)49-18-4-7-38(49)29-5-2-1-3-6-29/h1-3,5-6,8-14,17,21-25,27-28,38,46H,4,7,15-16,18-20,26H2,(H,45,47)(H,48,51). The molecule has 1 unspecified atom stereocenters. The van der Waals surface area contributed by atoms with Crippen LogP contribution in [0.5, 0.6) is 11.5 Å². The Hall–Kier alpha value is -6.29. The molecule has 0 bridgehead atoms. The topological polar surface area (TPSA) is 169 Å². The number of rotatable bonds is 12. The Morgan fingerprint density at radius 3 is 2.64 bits per heavy atom. The van der Waals surface area contributed by atoms with Crippen LogP contribution in [-0.4, -0.2) is 55.5 Å². The minimum absolute atomic E-state index is 0.0554. The molecule has 0 saturated carbocycles. The first-order valence-corrected chi connectivity index (χ1v) is 21.8. The number of thiophene rings is 1. The second kappa shape index (κ2) is 16.2. The number of sulfonamides is 1. The fourth-order valence-corrected chi connectivity index (χ4v) is 9.94. The average molecular weight is 829 g/mol. The number of pyridine rings is 1. The van der Waals surface area contributed by atoms with Crippen molar-refractivity contribution >= 4 is 65.4 Å². The Morgan fingerprint density at radius 2 is 1.81 bits per heavy atom. The number of nitro groups is 1. The molecule has 15 heteroatoms. The molecule has 2 fully saturated rings. The molecule has 2 aliphatic heterocycles. The first-order valence-electron chi connectivity index (χ1n) is 19.5. The van der Waals surface area contributed by atoms with Gasteiger partial charge in [0, 0.05) is 59.2 Å². The number of ether oxygens (including phenoxy) is 2. The van der Waals surface area contributed by atoms with Crippen LogP contribution in [0.15, 0.2) is 120 Å². The van der Waals surface area contributed by atoms with E-state index in [9.17, 15) is 23.3 Å². The van der Waals surface area contributed by atoms with E-state index in [1.165, 1.54) is 30.0 Å². The van der Waals surface area contributed by atoms with Crippen LogP contribution >= 0.6 is 11.3 Å². The van der Waals surface area contributed by atoms with Gasteiger partial charge in [-0.15, -0.1) is 11.3 Å². The zero-order valence-electron chi connectivity index (χ0n) is 31.8. The molecule has 2 saturated heterocycles. The summed E-state index contributed by atoms with van der Waals surface area (Å²) >= 11 is 1.60. The lowest BCUT2D eigenvalue weighted by molar-refractivity contribution is -0.384. The second-order valence-corrected chi connectivity index (χ2v) is 17.6. The molecule has 300 valence electrons. The van der Waals surface area contributed by atoms with Gasteiger partial charge in [0.1, 0.15) is 22.8 Å². The predicted molar refractivity (Wildman–Crippen MR) is 229 cm³/mol. The third kappa shape index (κ3) is 8.09. The van der Waals surface area contributed by atoms with Gasteiger partial charge in [0.25, 0.3) is 21.6 Å². The Balaban J connectivity index is 1.00. The molecule has 3 aromatic heterocycles. The quantitative estimate of drug-likeness (QED) is 0.0797. The molecular weight excluding hydrogens is 789 g/mol.